The molecule has 6 heteroatoms. The minimum Gasteiger partial charge on any atom is -0.351 e. The van der Waals surface area contributed by atoms with Crippen LogP contribution in [0.4, 0.5) is 4.39 Å². The van der Waals surface area contributed by atoms with Crippen LogP contribution in [0, 0.1) is 12.7 Å². The maximum absolute atomic E-state index is 13.0. The van der Waals surface area contributed by atoms with E-state index in [0.29, 0.717) is 18.0 Å². The largest absolute Gasteiger partial charge is 0.351 e. The quantitative estimate of drug-likeness (QED) is 0.785. The molecule has 22 heavy (non-hydrogen) atoms. The number of hydrogen-bond acceptors (Lipinski definition) is 3. The fourth-order valence-corrected chi connectivity index (χ4v) is 3.13. The number of hydrogen-bond donors (Lipinski definition) is 2. The maximum atomic E-state index is 13.0. The lowest BCUT2D eigenvalue weighted by molar-refractivity contribution is 0.0957. The number of thiophene rings is 1. The summed E-state index contributed by atoms with van der Waals surface area (Å²) >= 11 is 1.43. The van der Waals surface area contributed by atoms with Crippen LogP contribution in [-0.2, 0) is 0 Å². The fourth-order valence-electron chi connectivity index (χ4n) is 2.04. The van der Waals surface area contributed by atoms with E-state index < -0.39 is 0 Å². The Kier molecular flexibility index (Phi) is 7.51. The lowest BCUT2D eigenvalue weighted by atomic mass is 10.1. The molecule has 3 nitrogen and oxygen atoms in total. The van der Waals surface area contributed by atoms with Gasteiger partial charge in [0.2, 0.25) is 0 Å². The number of nitrogens with two attached hydrogens (primary N) is 1. The number of unbranched alkanes of at least 4 members (excludes halogenated alkanes) is 1. The van der Waals surface area contributed by atoms with E-state index in [1.54, 1.807) is 12.1 Å². The van der Waals surface area contributed by atoms with Crippen molar-refractivity contribution < 1.29 is 9.18 Å². The van der Waals surface area contributed by atoms with Crippen molar-refractivity contribution >= 4 is 29.7 Å². The third kappa shape index (κ3) is 4.80. The normalized spacial score (nSPS) is 10.1. The molecule has 2 aromatic rings. The van der Waals surface area contributed by atoms with Gasteiger partial charge in [-0.25, -0.2) is 4.39 Å². The van der Waals surface area contributed by atoms with E-state index in [-0.39, 0.29) is 24.1 Å². The Bertz CT molecular complexity index is 613. The van der Waals surface area contributed by atoms with E-state index >= 15 is 0 Å². The van der Waals surface area contributed by atoms with Crippen molar-refractivity contribution in [3.63, 3.8) is 0 Å². The Hall–Kier alpha value is -1.43. The number of halogens is 2. The van der Waals surface area contributed by atoms with Crippen molar-refractivity contribution in [1.82, 2.24) is 5.32 Å². The zero-order valence-electron chi connectivity index (χ0n) is 12.4. The molecule has 0 radical (unpaired) electrons. The van der Waals surface area contributed by atoms with Gasteiger partial charge in [0.15, 0.2) is 0 Å². The summed E-state index contributed by atoms with van der Waals surface area (Å²) in [6, 6.07) is 8.21. The van der Waals surface area contributed by atoms with Gasteiger partial charge >= 0.3 is 0 Å². The smallest absolute Gasteiger partial charge is 0.261 e. The van der Waals surface area contributed by atoms with Crippen molar-refractivity contribution in [2.45, 2.75) is 19.8 Å². The maximum Gasteiger partial charge on any atom is 0.261 e. The minimum atomic E-state index is -0.258. The van der Waals surface area contributed by atoms with Crippen LogP contribution in [0.5, 0.6) is 0 Å². The molecule has 0 aliphatic carbocycles. The van der Waals surface area contributed by atoms with Gasteiger partial charge in [-0.05, 0) is 55.6 Å². The van der Waals surface area contributed by atoms with E-state index in [2.05, 4.69) is 5.32 Å². The lowest BCUT2D eigenvalue weighted by Crippen LogP contribution is -2.23. The van der Waals surface area contributed by atoms with Crippen LogP contribution in [0.15, 0.2) is 30.3 Å². The fraction of sp³-hybridized carbons (Fsp3) is 0.312. The molecule has 1 aromatic carbocycles. The number of carbonyl (C=O) groups is 1. The summed E-state index contributed by atoms with van der Waals surface area (Å²) in [5.74, 6) is -0.320. The summed E-state index contributed by atoms with van der Waals surface area (Å²) in [4.78, 5) is 13.7. The van der Waals surface area contributed by atoms with E-state index in [1.165, 1.54) is 23.5 Å². The Morgan fingerprint density at radius 1 is 1.27 bits per heavy atom. The first-order valence-corrected chi connectivity index (χ1v) is 7.78. The van der Waals surface area contributed by atoms with Crippen molar-refractivity contribution in [3.8, 4) is 10.4 Å². The molecule has 0 saturated carbocycles. The van der Waals surface area contributed by atoms with E-state index in [9.17, 15) is 9.18 Å². The average molecular weight is 343 g/mol. The molecule has 1 aromatic heterocycles. The molecule has 0 bridgehead atoms. The van der Waals surface area contributed by atoms with Gasteiger partial charge in [-0.15, -0.1) is 23.7 Å². The number of amides is 1. The summed E-state index contributed by atoms with van der Waals surface area (Å²) in [7, 11) is 0. The lowest BCUT2D eigenvalue weighted by Gasteiger charge is -2.02. The van der Waals surface area contributed by atoms with Crippen molar-refractivity contribution in [1.29, 1.82) is 0 Å². The Labute approximate surface area is 140 Å². The molecule has 0 fully saturated rings. The summed E-state index contributed by atoms with van der Waals surface area (Å²) < 4.78 is 13.0. The van der Waals surface area contributed by atoms with Gasteiger partial charge in [-0.3, -0.25) is 4.79 Å². The van der Waals surface area contributed by atoms with Gasteiger partial charge in [0.25, 0.3) is 5.91 Å². The molecule has 3 N–H and O–H groups in total. The van der Waals surface area contributed by atoms with E-state index in [1.807, 2.05) is 13.0 Å². The Morgan fingerprint density at radius 3 is 2.59 bits per heavy atom. The highest BCUT2D eigenvalue weighted by molar-refractivity contribution is 7.17. The second-order valence-corrected chi connectivity index (χ2v) is 5.93. The zero-order chi connectivity index (χ0) is 15.2. The molecule has 0 unspecified atom stereocenters. The predicted molar refractivity (Wildman–Crippen MR) is 92.3 cm³/mol. The number of carbonyl (C=O) groups excluding carboxylic acids is 1. The second-order valence-electron chi connectivity index (χ2n) is 4.88. The van der Waals surface area contributed by atoms with Gasteiger partial charge in [0, 0.05) is 11.4 Å². The molecule has 0 aliphatic rings. The van der Waals surface area contributed by atoms with Crippen LogP contribution in [0.1, 0.15) is 28.1 Å². The number of aryl methyl sites for hydroxylation is 1. The molecule has 0 atom stereocenters. The summed E-state index contributed by atoms with van der Waals surface area (Å²) in [6.07, 6.45) is 1.79. The molecule has 0 spiro atoms. The molecule has 1 heterocycles. The standard InChI is InChI=1S/C16H19FN2OS.ClH/c1-11-10-14(16(20)19-9-3-2-8-18)21-15(11)12-4-6-13(17)7-5-12;/h4-7,10H,2-3,8-9,18H2,1H3,(H,19,20);1H. The first-order chi connectivity index (χ1) is 10.1. The van der Waals surface area contributed by atoms with Crippen LogP contribution in [0.2, 0.25) is 0 Å². The monoisotopic (exact) mass is 342 g/mol. The van der Waals surface area contributed by atoms with Crippen molar-refractivity contribution in [3.05, 3.63) is 46.6 Å². The van der Waals surface area contributed by atoms with Gasteiger partial charge in [-0.2, -0.15) is 0 Å². The zero-order valence-corrected chi connectivity index (χ0v) is 14.0. The SMILES string of the molecule is Cc1cc(C(=O)NCCCCN)sc1-c1ccc(F)cc1.Cl. The third-order valence-corrected chi connectivity index (χ3v) is 4.45. The molecular weight excluding hydrogens is 323 g/mol. The first-order valence-electron chi connectivity index (χ1n) is 6.96. The molecule has 120 valence electrons. The Morgan fingerprint density at radius 2 is 1.95 bits per heavy atom. The first kappa shape index (κ1) is 18.6. The molecule has 0 saturated heterocycles. The predicted octanol–water partition coefficient (Wildman–Crippen LogP) is 3.75. The highest BCUT2D eigenvalue weighted by atomic mass is 35.5. The summed E-state index contributed by atoms with van der Waals surface area (Å²) in [5, 5.41) is 2.89. The van der Waals surface area contributed by atoms with Gasteiger partial charge in [0.1, 0.15) is 5.82 Å². The number of benzene rings is 1. The minimum absolute atomic E-state index is 0. The van der Waals surface area contributed by atoms with Crippen LogP contribution in [-0.4, -0.2) is 19.0 Å². The third-order valence-electron chi connectivity index (χ3n) is 3.16. The highest BCUT2D eigenvalue weighted by Gasteiger charge is 2.13. The van der Waals surface area contributed by atoms with Gasteiger partial charge in [0.05, 0.1) is 4.88 Å². The molecule has 1 amide bonds. The second kappa shape index (κ2) is 8.88. The molecule has 2 rings (SSSR count). The van der Waals surface area contributed by atoms with Crippen LogP contribution in [0.25, 0.3) is 10.4 Å². The Balaban J connectivity index is 0.00000242. The van der Waals surface area contributed by atoms with Crippen molar-refractivity contribution in [2.75, 3.05) is 13.1 Å². The van der Waals surface area contributed by atoms with Gasteiger partial charge in [-0.1, -0.05) is 12.1 Å². The van der Waals surface area contributed by atoms with E-state index in [4.69, 9.17) is 5.73 Å². The van der Waals surface area contributed by atoms with E-state index in [0.717, 1.165) is 28.8 Å². The number of rotatable bonds is 6. The molecule has 0 aliphatic heterocycles. The van der Waals surface area contributed by atoms with Crippen molar-refractivity contribution in [2.24, 2.45) is 5.73 Å². The van der Waals surface area contributed by atoms with Crippen LogP contribution in [0.3, 0.4) is 0 Å². The van der Waals surface area contributed by atoms with Gasteiger partial charge < -0.3 is 11.1 Å². The average Bonchev–Trinajstić information content (AvgIpc) is 2.86. The summed E-state index contributed by atoms with van der Waals surface area (Å²) in [6.45, 7) is 3.24. The number of nitrogens with one attached hydrogen (secondary N) is 1. The van der Waals surface area contributed by atoms with Crippen LogP contribution < -0.4 is 11.1 Å². The molecular formula is C16H20ClFN2OS. The topological polar surface area (TPSA) is 55.1 Å². The highest BCUT2D eigenvalue weighted by Crippen LogP contribution is 2.32. The summed E-state index contributed by atoms with van der Waals surface area (Å²) in [5.41, 5.74) is 7.38. The van der Waals surface area contributed by atoms with Crippen LogP contribution >= 0.6 is 23.7 Å².